The van der Waals surface area contributed by atoms with Crippen LogP contribution in [0.15, 0.2) is 0 Å². The van der Waals surface area contributed by atoms with Crippen molar-refractivity contribution in [3.63, 3.8) is 0 Å². The summed E-state index contributed by atoms with van der Waals surface area (Å²) >= 11 is 0. The van der Waals surface area contributed by atoms with Crippen LogP contribution < -0.4 is 0 Å². The summed E-state index contributed by atoms with van der Waals surface area (Å²) in [6, 6.07) is -0.0305. The molecule has 1 atom stereocenters. The van der Waals surface area contributed by atoms with E-state index in [1.54, 1.807) is 6.92 Å². The zero-order chi connectivity index (χ0) is 10.5. The molecule has 0 aromatic rings. The Morgan fingerprint density at radius 3 is 2.23 bits per heavy atom. The Morgan fingerprint density at radius 1 is 1.38 bits per heavy atom. The molecule has 0 amide bonds. The molecule has 5 heteroatoms. The van der Waals surface area contributed by atoms with Gasteiger partial charge in [-0.05, 0) is 20.3 Å². The minimum absolute atomic E-state index is 0.0305. The normalized spacial score (nSPS) is 14.8. The van der Waals surface area contributed by atoms with Crippen LogP contribution in [0.25, 0.3) is 0 Å². The summed E-state index contributed by atoms with van der Waals surface area (Å²) in [4.78, 5) is 0. The summed E-state index contributed by atoms with van der Waals surface area (Å²) in [7, 11) is -3.16. The number of sulfonamides is 1. The fourth-order valence-electron chi connectivity index (χ4n) is 1.10. The van der Waals surface area contributed by atoms with Crippen molar-refractivity contribution in [3.05, 3.63) is 0 Å². The number of aliphatic hydroxyl groups is 1. The molecule has 0 aliphatic heterocycles. The van der Waals surface area contributed by atoms with Gasteiger partial charge in [-0.3, -0.25) is 0 Å². The van der Waals surface area contributed by atoms with Crippen molar-refractivity contribution in [2.24, 2.45) is 0 Å². The Hall–Kier alpha value is -0.130. The van der Waals surface area contributed by atoms with Gasteiger partial charge in [0.1, 0.15) is 0 Å². The van der Waals surface area contributed by atoms with Gasteiger partial charge < -0.3 is 5.11 Å². The molecule has 4 nitrogen and oxygen atoms in total. The van der Waals surface area contributed by atoms with Crippen molar-refractivity contribution < 1.29 is 13.5 Å². The van der Waals surface area contributed by atoms with Gasteiger partial charge >= 0.3 is 0 Å². The first-order valence-electron chi connectivity index (χ1n) is 4.60. The van der Waals surface area contributed by atoms with E-state index in [9.17, 15) is 8.42 Å². The van der Waals surface area contributed by atoms with Crippen LogP contribution >= 0.6 is 0 Å². The van der Waals surface area contributed by atoms with Crippen molar-refractivity contribution in [1.82, 2.24) is 4.31 Å². The van der Waals surface area contributed by atoms with Crippen LogP contribution in [0.2, 0.25) is 0 Å². The Bertz CT molecular complexity index is 226. The molecule has 0 saturated heterocycles. The molecule has 0 rings (SSSR count). The smallest absolute Gasteiger partial charge is 0.214 e. The van der Waals surface area contributed by atoms with Gasteiger partial charge in [0, 0.05) is 12.6 Å². The average molecular weight is 209 g/mol. The molecule has 0 spiro atoms. The number of aliphatic hydroxyl groups excluding tert-OH is 1. The second-order valence-electron chi connectivity index (χ2n) is 2.99. The van der Waals surface area contributed by atoms with Crippen molar-refractivity contribution in [2.45, 2.75) is 33.2 Å². The second-order valence-corrected chi connectivity index (χ2v) is 5.20. The molecule has 0 bridgehead atoms. The van der Waals surface area contributed by atoms with Gasteiger partial charge in [-0.25, -0.2) is 8.42 Å². The molecule has 0 aliphatic carbocycles. The lowest BCUT2D eigenvalue weighted by molar-refractivity contribution is 0.229. The van der Waals surface area contributed by atoms with Crippen LogP contribution in [0.4, 0.5) is 0 Å². The fraction of sp³-hybridized carbons (Fsp3) is 1.00. The first-order valence-corrected chi connectivity index (χ1v) is 6.20. The highest BCUT2D eigenvalue weighted by atomic mass is 32.2. The maximum atomic E-state index is 11.5. The Balaban J connectivity index is 4.60. The minimum Gasteiger partial charge on any atom is -0.395 e. The van der Waals surface area contributed by atoms with Gasteiger partial charge in [-0.2, -0.15) is 4.31 Å². The Kier molecular flexibility index (Phi) is 5.51. The van der Waals surface area contributed by atoms with Gasteiger partial charge in [0.2, 0.25) is 10.0 Å². The Labute approximate surface area is 80.6 Å². The summed E-state index contributed by atoms with van der Waals surface area (Å²) in [5.74, 6) is 0.0946. The molecule has 0 radical (unpaired) electrons. The summed E-state index contributed by atoms with van der Waals surface area (Å²) in [5.41, 5.74) is 0. The van der Waals surface area contributed by atoms with Crippen molar-refractivity contribution in [3.8, 4) is 0 Å². The lowest BCUT2D eigenvalue weighted by Crippen LogP contribution is -2.41. The third kappa shape index (κ3) is 3.62. The quantitative estimate of drug-likeness (QED) is 0.690. The molecule has 0 saturated carbocycles. The molecule has 1 N–H and O–H groups in total. The molecule has 0 aromatic carbocycles. The van der Waals surface area contributed by atoms with Gasteiger partial charge in [0.15, 0.2) is 0 Å². The number of hydrogen-bond acceptors (Lipinski definition) is 3. The second kappa shape index (κ2) is 5.57. The highest BCUT2D eigenvalue weighted by Crippen LogP contribution is 2.09. The molecular weight excluding hydrogens is 190 g/mol. The van der Waals surface area contributed by atoms with E-state index in [2.05, 4.69) is 0 Å². The average Bonchev–Trinajstić information content (AvgIpc) is 2.12. The molecule has 0 aromatic heterocycles. The monoisotopic (exact) mass is 209 g/mol. The Morgan fingerprint density at radius 2 is 1.92 bits per heavy atom. The summed E-state index contributed by atoms with van der Waals surface area (Å²) in [5, 5.41) is 8.73. The maximum absolute atomic E-state index is 11.5. The van der Waals surface area contributed by atoms with Crippen LogP contribution in [0.3, 0.4) is 0 Å². The third-order valence-corrected chi connectivity index (χ3v) is 4.11. The van der Waals surface area contributed by atoms with E-state index >= 15 is 0 Å². The van der Waals surface area contributed by atoms with Crippen LogP contribution in [0.5, 0.6) is 0 Å². The first kappa shape index (κ1) is 12.9. The molecule has 13 heavy (non-hydrogen) atoms. The van der Waals surface area contributed by atoms with Crippen molar-refractivity contribution in [2.75, 3.05) is 18.9 Å². The minimum atomic E-state index is -3.16. The lowest BCUT2D eigenvalue weighted by atomic mass is 10.3. The van der Waals surface area contributed by atoms with E-state index in [0.29, 0.717) is 0 Å². The fourth-order valence-corrected chi connectivity index (χ4v) is 2.49. The predicted octanol–water partition coefficient (Wildman–Crippen LogP) is 0.429. The van der Waals surface area contributed by atoms with E-state index in [1.165, 1.54) is 4.31 Å². The molecular formula is C8H19NO3S. The van der Waals surface area contributed by atoms with Gasteiger partial charge in [-0.1, -0.05) is 6.92 Å². The highest BCUT2D eigenvalue weighted by molar-refractivity contribution is 7.89. The van der Waals surface area contributed by atoms with E-state index in [0.717, 1.165) is 6.42 Å². The molecule has 0 aliphatic rings. The topological polar surface area (TPSA) is 57.6 Å². The van der Waals surface area contributed by atoms with E-state index in [4.69, 9.17) is 5.11 Å². The molecule has 0 fully saturated rings. The van der Waals surface area contributed by atoms with Crippen LogP contribution in [-0.2, 0) is 10.0 Å². The third-order valence-electron chi connectivity index (χ3n) is 2.12. The molecule has 80 valence electrons. The van der Waals surface area contributed by atoms with E-state index in [-0.39, 0.29) is 24.9 Å². The zero-order valence-electron chi connectivity index (χ0n) is 8.52. The van der Waals surface area contributed by atoms with Gasteiger partial charge in [0.25, 0.3) is 0 Å². The molecule has 1 unspecified atom stereocenters. The SMILES string of the molecule is CCC(C)N(CCO)S(=O)(=O)CC. The number of nitrogens with zero attached hydrogens (tertiary/aromatic N) is 1. The summed E-state index contributed by atoms with van der Waals surface area (Å²) in [6.07, 6.45) is 0.763. The van der Waals surface area contributed by atoms with Crippen LogP contribution in [0.1, 0.15) is 27.2 Å². The highest BCUT2D eigenvalue weighted by Gasteiger charge is 2.23. The van der Waals surface area contributed by atoms with E-state index < -0.39 is 10.0 Å². The van der Waals surface area contributed by atoms with Crippen molar-refractivity contribution in [1.29, 1.82) is 0 Å². The van der Waals surface area contributed by atoms with Gasteiger partial charge in [0.05, 0.1) is 12.4 Å². The van der Waals surface area contributed by atoms with E-state index in [1.807, 2.05) is 13.8 Å². The van der Waals surface area contributed by atoms with Gasteiger partial charge in [-0.15, -0.1) is 0 Å². The maximum Gasteiger partial charge on any atom is 0.214 e. The summed E-state index contributed by atoms with van der Waals surface area (Å²) in [6.45, 7) is 5.47. The van der Waals surface area contributed by atoms with Crippen molar-refractivity contribution >= 4 is 10.0 Å². The summed E-state index contributed by atoms with van der Waals surface area (Å²) < 4.78 is 24.4. The van der Waals surface area contributed by atoms with Crippen LogP contribution in [0, 0.1) is 0 Å². The first-order chi connectivity index (χ1) is 5.99. The number of rotatable bonds is 6. The zero-order valence-corrected chi connectivity index (χ0v) is 9.34. The molecule has 0 heterocycles. The number of hydrogen-bond donors (Lipinski definition) is 1. The lowest BCUT2D eigenvalue weighted by Gasteiger charge is -2.26. The largest absolute Gasteiger partial charge is 0.395 e. The van der Waals surface area contributed by atoms with Crippen LogP contribution in [-0.4, -0.2) is 42.8 Å². The standard InChI is InChI=1S/C8H19NO3S/c1-4-8(3)9(6-7-10)13(11,12)5-2/h8,10H,4-7H2,1-3H3. The predicted molar refractivity (Wildman–Crippen MR) is 53.0 cm³/mol.